The number of hydrogen-bond donors (Lipinski definition) is 0. The third-order valence-corrected chi connectivity index (χ3v) is 1.77. The van der Waals surface area contributed by atoms with Crippen LogP contribution in [0.1, 0.15) is 54.4 Å². The van der Waals surface area contributed by atoms with Gasteiger partial charge in [0.2, 0.25) is 0 Å². The summed E-state index contributed by atoms with van der Waals surface area (Å²) in [4.78, 5) is 2.24. The van der Waals surface area contributed by atoms with Crippen molar-refractivity contribution in [3.05, 3.63) is 0 Å². The largest absolute Gasteiger partial charge is 0.309 e. The van der Waals surface area contributed by atoms with Crippen molar-refractivity contribution in [3.63, 3.8) is 0 Å². The lowest BCUT2D eigenvalue weighted by atomic mass is 10.1. The second-order valence-electron chi connectivity index (χ2n) is 3.11. The van der Waals surface area contributed by atoms with Crippen molar-refractivity contribution in [2.45, 2.75) is 54.4 Å². The molecule has 0 aromatic heterocycles. The fourth-order valence-electron chi connectivity index (χ4n) is 0.683. The molecule has 0 aliphatic heterocycles. The van der Waals surface area contributed by atoms with E-state index in [1.807, 2.05) is 27.7 Å². The first-order valence-corrected chi connectivity index (χ1v) is 5.81. The SMILES string of the molecule is CC.CC.CCC(C)CCN(C)C. The molecule has 0 amide bonds. The van der Waals surface area contributed by atoms with E-state index in [0.29, 0.717) is 0 Å². The Kier molecular flexibility index (Phi) is 25.7. The summed E-state index contributed by atoms with van der Waals surface area (Å²) in [6.07, 6.45) is 2.65. The van der Waals surface area contributed by atoms with Crippen LogP contribution < -0.4 is 0 Å². The molecule has 13 heavy (non-hydrogen) atoms. The minimum Gasteiger partial charge on any atom is -0.309 e. The van der Waals surface area contributed by atoms with Crippen molar-refractivity contribution in [2.24, 2.45) is 5.92 Å². The van der Waals surface area contributed by atoms with Gasteiger partial charge in [-0.15, -0.1) is 0 Å². The summed E-state index contributed by atoms with van der Waals surface area (Å²) in [5.41, 5.74) is 0. The topological polar surface area (TPSA) is 3.24 Å². The fourth-order valence-corrected chi connectivity index (χ4v) is 0.683. The summed E-state index contributed by atoms with van der Waals surface area (Å²) in [7, 11) is 4.25. The Bertz CT molecular complexity index is 60.1. The Balaban J connectivity index is -0.000000218. The Labute approximate surface area is 86.5 Å². The van der Waals surface area contributed by atoms with E-state index in [1.54, 1.807) is 0 Å². The fraction of sp³-hybridized carbons (Fsp3) is 1.00. The average molecular weight is 189 g/mol. The molecule has 0 saturated carbocycles. The van der Waals surface area contributed by atoms with Gasteiger partial charge in [-0.1, -0.05) is 48.0 Å². The third kappa shape index (κ3) is 24.5. The highest BCUT2D eigenvalue weighted by molar-refractivity contribution is 4.51. The van der Waals surface area contributed by atoms with E-state index < -0.39 is 0 Å². The molecule has 0 saturated heterocycles. The van der Waals surface area contributed by atoms with E-state index in [9.17, 15) is 0 Å². The van der Waals surface area contributed by atoms with Crippen molar-refractivity contribution in [2.75, 3.05) is 20.6 Å². The second-order valence-corrected chi connectivity index (χ2v) is 3.11. The summed E-state index contributed by atoms with van der Waals surface area (Å²) in [5.74, 6) is 0.896. The molecular formula is C12H31N. The minimum atomic E-state index is 0.896. The summed E-state index contributed by atoms with van der Waals surface area (Å²) in [5, 5.41) is 0. The first-order chi connectivity index (χ1) is 6.16. The summed E-state index contributed by atoms with van der Waals surface area (Å²) >= 11 is 0. The van der Waals surface area contributed by atoms with Crippen molar-refractivity contribution in [3.8, 4) is 0 Å². The molecular weight excluding hydrogens is 158 g/mol. The molecule has 0 bridgehead atoms. The molecule has 1 nitrogen and oxygen atoms in total. The van der Waals surface area contributed by atoms with E-state index in [0.717, 1.165) is 5.92 Å². The molecule has 0 aliphatic rings. The van der Waals surface area contributed by atoms with Crippen LogP contribution in [0.15, 0.2) is 0 Å². The van der Waals surface area contributed by atoms with Crippen LogP contribution in [0.25, 0.3) is 0 Å². The maximum Gasteiger partial charge on any atom is -0.00223 e. The molecule has 0 fully saturated rings. The zero-order chi connectivity index (χ0) is 11.3. The van der Waals surface area contributed by atoms with Crippen molar-refractivity contribution < 1.29 is 0 Å². The van der Waals surface area contributed by atoms with Crippen LogP contribution in [-0.4, -0.2) is 25.5 Å². The molecule has 0 spiro atoms. The number of hydrogen-bond acceptors (Lipinski definition) is 1. The predicted octanol–water partition coefficient (Wildman–Crippen LogP) is 4.04. The van der Waals surface area contributed by atoms with Gasteiger partial charge in [0.25, 0.3) is 0 Å². The highest BCUT2D eigenvalue weighted by Crippen LogP contribution is 2.05. The molecule has 84 valence electrons. The maximum absolute atomic E-state index is 2.31. The Morgan fingerprint density at radius 2 is 1.38 bits per heavy atom. The normalized spacial score (nSPS) is 10.8. The number of nitrogens with zero attached hydrogens (tertiary/aromatic N) is 1. The van der Waals surface area contributed by atoms with Crippen LogP contribution in [-0.2, 0) is 0 Å². The van der Waals surface area contributed by atoms with Crippen LogP contribution in [0.4, 0.5) is 0 Å². The summed E-state index contributed by atoms with van der Waals surface area (Å²) < 4.78 is 0. The van der Waals surface area contributed by atoms with Crippen LogP contribution >= 0.6 is 0 Å². The molecule has 1 atom stereocenters. The van der Waals surface area contributed by atoms with Gasteiger partial charge in [-0.2, -0.15) is 0 Å². The zero-order valence-electron chi connectivity index (χ0n) is 11.1. The van der Waals surface area contributed by atoms with E-state index in [-0.39, 0.29) is 0 Å². The van der Waals surface area contributed by atoms with Gasteiger partial charge in [0, 0.05) is 0 Å². The molecule has 0 radical (unpaired) electrons. The lowest BCUT2D eigenvalue weighted by Gasteiger charge is -2.12. The van der Waals surface area contributed by atoms with Gasteiger partial charge >= 0.3 is 0 Å². The quantitative estimate of drug-likeness (QED) is 0.645. The Morgan fingerprint density at radius 3 is 1.62 bits per heavy atom. The van der Waals surface area contributed by atoms with Gasteiger partial charge in [0.05, 0.1) is 0 Å². The monoisotopic (exact) mass is 189 g/mol. The van der Waals surface area contributed by atoms with E-state index in [1.165, 1.54) is 19.4 Å². The highest BCUT2D eigenvalue weighted by atomic mass is 15.0. The summed E-state index contributed by atoms with van der Waals surface area (Å²) in [6.45, 7) is 13.8. The van der Waals surface area contributed by atoms with Crippen LogP contribution in [0.3, 0.4) is 0 Å². The Hall–Kier alpha value is -0.0400. The molecule has 1 heteroatoms. The maximum atomic E-state index is 2.31. The third-order valence-electron chi connectivity index (χ3n) is 1.77. The standard InChI is InChI=1S/C8H19N.2C2H6/c1-5-8(2)6-7-9(3)4;2*1-2/h8H,5-7H2,1-4H3;2*1-2H3. The van der Waals surface area contributed by atoms with E-state index in [4.69, 9.17) is 0 Å². The molecule has 0 aromatic carbocycles. The van der Waals surface area contributed by atoms with Crippen molar-refractivity contribution in [1.29, 1.82) is 0 Å². The van der Waals surface area contributed by atoms with Crippen LogP contribution in [0.2, 0.25) is 0 Å². The Morgan fingerprint density at radius 1 is 1.00 bits per heavy atom. The van der Waals surface area contributed by atoms with Crippen LogP contribution in [0, 0.1) is 5.92 Å². The van der Waals surface area contributed by atoms with Gasteiger partial charge in [0.1, 0.15) is 0 Å². The van der Waals surface area contributed by atoms with Gasteiger partial charge < -0.3 is 4.90 Å². The molecule has 0 aliphatic carbocycles. The van der Waals surface area contributed by atoms with E-state index >= 15 is 0 Å². The average Bonchev–Trinajstić information content (AvgIpc) is 2.20. The first-order valence-electron chi connectivity index (χ1n) is 5.81. The lowest BCUT2D eigenvalue weighted by Crippen LogP contribution is -2.15. The van der Waals surface area contributed by atoms with Crippen molar-refractivity contribution >= 4 is 0 Å². The smallest absolute Gasteiger partial charge is 0.00223 e. The molecule has 0 rings (SSSR count). The van der Waals surface area contributed by atoms with Gasteiger partial charge in [-0.3, -0.25) is 0 Å². The summed E-state index contributed by atoms with van der Waals surface area (Å²) in [6, 6.07) is 0. The van der Waals surface area contributed by atoms with Gasteiger partial charge in [-0.25, -0.2) is 0 Å². The highest BCUT2D eigenvalue weighted by Gasteiger charge is 1.97. The zero-order valence-corrected chi connectivity index (χ0v) is 11.1. The van der Waals surface area contributed by atoms with E-state index in [2.05, 4.69) is 32.8 Å². The van der Waals surface area contributed by atoms with Crippen molar-refractivity contribution in [1.82, 2.24) is 4.90 Å². The minimum absolute atomic E-state index is 0.896. The second kappa shape index (κ2) is 17.9. The first kappa shape index (κ1) is 18.7. The van der Waals surface area contributed by atoms with Gasteiger partial charge in [-0.05, 0) is 33.0 Å². The molecule has 1 unspecified atom stereocenters. The predicted molar refractivity (Wildman–Crippen MR) is 65.3 cm³/mol. The molecule has 0 N–H and O–H groups in total. The lowest BCUT2D eigenvalue weighted by molar-refractivity contribution is 0.356. The molecule has 0 aromatic rings. The molecule has 0 heterocycles. The number of rotatable bonds is 4. The van der Waals surface area contributed by atoms with Crippen LogP contribution in [0.5, 0.6) is 0 Å². The van der Waals surface area contributed by atoms with Gasteiger partial charge in [0.15, 0.2) is 0 Å².